The zero-order valence-corrected chi connectivity index (χ0v) is 12.8. The van der Waals surface area contributed by atoms with Gasteiger partial charge in [-0.3, -0.25) is 4.79 Å². The quantitative estimate of drug-likeness (QED) is 0.724. The van der Waals surface area contributed by atoms with Crippen LogP contribution in [0.4, 0.5) is 0 Å². The van der Waals surface area contributed by atoms with E-state index in [1.54, 1.807) is 19.2 Å². The van der Waals surface area contributed by atoms with Crippen LogP contribution < -0.4 is 0 Å². The highest BCUT2D eigenvalue weighted by atomic mass is 16.5. The average Bonchev–Trinajstić information content (AvgIpc) is 3.22. The van der Waals surface area contributed by atoms with Crippen LogP contribution in [0.2, 0.25) is 0 Å². The maximum absolute atomic E-state index is 12.4. The first-order chi connectivity index (χ1) is 11.2. The van der Waals surface area contributed by atoms with Crippen molar-refractivity contribution in [2.75, 3.05) is 13.1 Å². The van der Waals surface area contributed by atoms with E-state index in [9.17, 15) is 4.79 Å². The van der Waals surface area contributed by atoms with E-state index in [0.717, 1.165) is 24.2 Å². The molecule has 0 aliphatic carbocycles. The van der Waals surface area contributed by atoms with Gasteiger partial charge in [-0.1, -0.05) is 5.16 Å². The van der Waals surface area contributed by atoms with Crippen LogP contribution in [0.5, 0.6) is 0 Å². The van der Waals surface area contributed by atoms with Gasteiger partial charge in [-0.25, -0.2) is 9.50 Å². The highest BCUT2D eigenvalue weighted by Crippen LogP contribution is 2.28. The summed E-state index contributed by atoms with van der Waals surface area (Å²) in [7, 11) is 0. The van der Waals surface area contributed by atoms with Crippen LogP contribution in [0.15, 0.2) is 35.1 Å². The molecule has 1 aliphatic rings. The number of hydrogen-bond acceptors (Lipinski definition) is 5. The molecule has 0 bridgehead atoms. The van der Waals surface area contributed by atoms with E-state index in [4.69, 9.17) is 4.52 Å². The number of piperidine rings is 1. The molecule has 23 heavy (non-hydrogen) atoms. The summed E-state index contributed by atoms with van der Waals surface area (Å²) in [6, 6.07) is 5.60. The molecule has 1 aliphatic heterocycles. The number of aromatic nitrogens is 4. The number of carbonyl (C=O) groups excluding carboxylic acids is 1. The van der Waals surface area contributed by atoms with Crippen LogP contribution in [0.3, 0.4) is 0 Å². The van der Waals surface area contributed by atoms with Gasteiger partial charge in [0, 0.05) is 43.0 Å². The first kappa shape index (κ1) is 13.9. The van der Waals surface area contributed by atoms with Crippen LogP contribution >= 0.6 is 0 Å². The monoisotopic (exact) mass is 311 g/mol. The van der Waals surface area contributed by atoms with Crippen LogP contribution in [0.1, 0.15) is 40.7 Å². The number of hydrogen-bond donors (Lipinski definition) is 0. The largest absolute Gasteiger partial charge is 0.361 e. The molecule has 7 heteroatoms. The molecule has 1 amide bonds. The topological polar surface area (TPSA) is 76.5 Å². The van der Waals surface area contributed by atoms with E-state index < -0.39 is 0 Å². The molecule has 4 rings (SSSR count). The summed E-state index contributed by atoms with van der Waals surface area (Å²) in [5.41, 5.74) is 2.41. The smallest absolute Gasteiger partial charge is 0.276 e. The number of fused-ring (bicyclic) bond motifs is 1. The Morgan fingerprint density at radius 3 is 2.83 bits per heavy atom. The van der Waals surface area contributed by atoms with Crippen LogP contribution in [-0.2, 0) is 0 Å². The van der Waals surface area contributed by atoms with Gasteiger partial charge in [0.25, 0.3) is 5.91 Å². The van der Waals surface area contributed by atoms with Crippen molar-refractivity contribution in [2.24, 2.45) is 0 Å². The second-order valence-electron chi connectivity index (χ2n) is 5.86. The highest BCUT2D eigenvalue weighted by molar-refractivity contribution is 5.92. The summed E-state index contributed by atoms with van der Waals surface area (Å²) >= 11 is 0. The first-order valence-corrected chi connectivity index (χ1v) is 7.73. The Morgan fingerprint density at radius 2 is 2.09 bits per heavy atom. The molecule has 3 aromatic heterocycles. The number of rotatable bonds is 2. The van der Waals surface area contributed by atoms with Crippen molar-refractivity contribution in [1.29, 1.82) is 0 Å². The highest BCUT2D eigenvalue weighted by Gasteiger charge is 2.27. The Morgan fingerprint density at radius 1 is 1.26 bits per heavy atom. The molecule has 3 aromatic rings. The minimum absolute atomic E-state index is 0.0562. The maximum Gasteiger partial charge on any atom is 0.276 e. The molecule has 0 N–H and O–H groups in total. The number of likely N-dealkylation sites (tertiary alicyclic amines) is 1. The molecule has 0 unspecified atom stereocenters. The van der Waals surface area contributed by atoms with Crippen molar-refractivity contribution < 1.29 is 9.32 Å². The number of amides is 1. The van der Waals surface area contributed by atoms with Crippen LogP contribution in [-0.4, -0.2) is 43.7 Å². The Bertz CT molecular complexity index is 845. The molecule has 0 aromatic carbocycles. The Balaban J connectivity index is 1.49. The summed E-state index contributed by atoms with van der Waals surface area (Å²) in [4.78, 5) is 18.5. The summed E-state index contributed by atoms with van der Waals surface area (Å²) < 4.78 is 6.88. The molecule has 7 nitrogen and oxygen atoms in total. The van der Waals surface area contributed by atoms with Crippen molar-refractivity contribution in [2.45, 2.75) is 25.7 Å². The lowest BCUT2D eigenvalue weighted by atomic mass is 9.93. The van der Waals surface area contributed by atoms with E-state index in [2.05, 4.69) is 15.2 Å². The molecule has 0 saturated carbocycles. The van der Waals surface area contributed by atoms with Gasteiger partial charge in [0.15, 0.2) is 11.3 Å². The molecule has 0 radical (unpaired) electrons. The van der Waals surface area contributed by atoms with Crippen molar-refractivity contribution in [3.05, 3.63) is 47.7 Å². The van der Waals surface area contributed by atoms with Crippen LogP contribution in [0.25, 0.3) is 5.65 Å². The van der Waals surface area contributed by atoms with Gasteiger partial charge in [0.1, 0.15) is 5.76 Å². The first-order valence-electron chi connectivity index (χ1n) is 7.73. The number of nitrogens with zero attached hydrogens (tertiary/aromatic N) is 5. The summed E-state index contributed by atoms with van der Waals surface area (Å²) in [6.45, 7) is 3.20. The van der Waals surface area contributed by atoms with E-state index in [0.29, 0.717) is 30.5 Å². The third-order valence-electron chi connectivity index (χ3n) is 4.37. The molecular weight excluding hydrogens is 294 g/mol. The van der Waals surface area contributed by atoms with Crippen molar-refractivity contribution in [3.63, 3.8) is 0 Å². The summed E-state index contributed by atoms with van der Waals surface area (Å²) in [5.74, 6) is 0.976. The fourth-order valence-electron chi connectivity index (χ4n) is 3.17. The molecule has 0 atom stereocenters. The lowest BCUT2D eigenvalue weighted by Crippen LogP contribution is -2.38. The maximum atomic E-state index is 12.4. The Labute approximate surface area is 132 Å². The molecule has 4 heterocycles. The van der Waals surface area contributed by atoms with E-state index >= 15 is 0 Å². The van der Waals surface area contributed by atoms with E-state index in [1.807, 2.05) is 27.7 Å². The second-order valence-corrected chi connectivity index (χ2v) is 5.86. The Hall–Kier alpha value is -2.70. The lowest BCUT2D eigenvalue weighted by Gasteiger charge is -2.31. The van der Waals surface area contributed by atoms with Gasteiger partial charge in [-0.2, -0.15) is 5.10 Å². The SMILES string of the molecule is Cc1cc(C(=O)N2CCC(c3ccnc4ccnn34)CC2)no1. The Kier molecular flexibility index (Phi) is 3.33. The van der Waals surface area contributed by atoms with Gasteiger partial charge in [-0.15, -0.1) is 0 Å². The average molecular weight is 311 g/mol. The van der Waals surface area contributed by atoms with Crippen molar-refractivity contribution >= 4 is 11.6 Å². The van der Waals surface area contributed by atoms with Crippen LogP contribution in [0, 0.1) is 6.92 Å². The van der Waals surface area contributed by atoms with E-state index in [-0.39, 0.29) is 5.91 Å². The molecule has 1 fully saturated rings. The zero-order valence-electron chi connectivity index (χ0n) is 12.8. The lowest BCUT2D eigenvalue weighted by molar-refractivity contribution is 0.0701. The van der Waals surface area contributed by atoms with Crippen molar-refractivity contribution in [3.8, 4) is 0 Å². The summed E-state index contributed by atoms with van der Waals surface area (Å²) in [6.07, 6.45) is 5.39. The minimum atomic E-state index is -0.0562. The number of carbonyl (C=O) groups is 1. The van der Waals surface area contributed by atoms with Gasteiger partial charge in [0.05, 0.1) is 6.20 Å². The minimum Gasteiger partial charge on any atom is -0.361 e. The van der Waals surface area contributed by atoms with Gasteiger partial charge >= 0.3 is 0 Å². The van der Waals surface area contributed by atoms with Gasteiger partial charge in [0.2, 0.25) is 0 Å². The molecular formula is C16H17N5O2. The van der Waals surface area contributed by atoms with Gasteiger partial charge < -0.3 is 9.42 Å². The van der Waals surface area contributed by atoms with Crippen molar-refractivity contribution in [1.82, 2.24) is 24.7 Å². The zero-order chi connectivity index (χ0) is 15.8. The van der Waals surface area contributed by atoms with Gasteiger partial charge in [-0.05, 0) is 25.8 Å². The fourth-order valence-corrected chi connectivity index (χ4v) is 3.17. The number of aryl methyl sites for hydroxylation is 1. The molecule has 1 saturated heterocycles. The third-order valence-corrected chi connectivity index (χ3v) is 4.37. The predicted octanol–water partition coefficient (Wildman–Crippen LogP) is 2.05. The van der Waals surface area contributed by atoms with E-state index in [1.165, 1.54) is 0 Å². The standard InChI is InChI=1S/C16H17N5O2/c1-11-10-13(19-23-11)16(22)20-8-4-12(5-9-20)14-2-6-17-15-3-7-18-21(14)15/h2-3,6-7,10,12H,4-5,8-9H2,1H3. The fraction of sp³-hybridized carbons (Fsp3) is 0.375. The molecule has 118 valence electrons. The molecule has 0 spiro atoms. The summed E-state index contributed by atoms with van der Waals surface area (Å²) in [5, 5.41) is 8.16. The second kappa shape index (κ2) is 5.49. The third kappa shape index (κ3) is 2.48. The predicted molar refractivity (Wildman–Crippen MR) is 82.1 cm³/mol. The normalized spacial score (nSPS) is 16.1.